The Balaban J connectivity index is 1.91. The van der Waals surface area contributed by atoms with Crippen LogP contribution in [0, 0.1) is 5.41 Å². The van der Waals surface area contributed by atoms with Gasteiger partial charge in [0, 0.05) is 17.6 Å². The van der Waals surface area contributed by atoms with Crippen molar-refractivity contribution in [2.45, 2.75) is 26.2 Å². The molecule has 0 aliphatic carbocycles. The van der Waals surface area contributed by atoms with Gasteiger partial charge >= 0.3 is 5.97 Å². The Morgan fingerprint density at radius 1 is 1.29 bits per heavy atom. The van der Waals surface area contributed by atoms with E-state index in [0.29, 0.717) is 6.54 Å². The number of rotatable bonds is 2. The summed E-state index contributed by atoms with van der Waals surface area (Å²) in [6, 6.07) is 5.07. The lowest BCUT2D eigenvalue weighted by molar-refractivity contribution is -0.128. The third kappa shape index (κ3) is 2.42. The summed E-state index contributed by atoms with van der Waals surface area (Å²) in [5.41, 5.74) is 1.74. The van der Waals surface area contributed by atoms with Gasteiger partial charge in [-0.15, -0.1) is 0 Å². The minimum Gasteiger partial charge on any atom is -0.478 e. The van der Waals surface area contributed by atoms with Crippen molar-refractivity contribution in [3.8, 4) is 0 Å². The lowest BCUT2D eigenvalue weighted by Gasteiger charge is -2.36. The third-order valence-corrected chi connectivity index (χ3v) is 4.70. The maximum absolute atomic E-state index is 12.9. The molecular weight excluding hydrogens is 268 g/mol. The number of fused-ring (bicyclic) bond motifs is 1. The van der Waals surface area contributed by atoms with Crippen molar-refractivity contribution in [2.24, 2.45) is 5.41 Å². The zero-order valence-electron chi connectivity index (χ0n) is 12.2. The highest BCUT2D eigenvalue weighted by Crippen LogP contribution is 2.36. The summed E-state index contributed by atoms with van der Waals surface area (Å²) in [6.07, 6.45) is 2.46. The Hall–Kier alpha value is -1.88. The van der Waals surface area contributed by atoms with Crippen LogP contribution in [0.25, 0.3) is 0 Å². The fraction of sp³-hybridized carbons (Fsp3) is 0.500. The molecule has 5 heteroatoms. The first-order valence-electron chi connectivity index (χ1n) is 7.40. The van der Waals surface area contributed by atoms with E-state index in [4.69, 9.17) is 5.11 Å². The molecule has 2 aliphatic rings. The van der Waals surface area contributed by atoms with Gasteiger partial charge in [0.1, 0.15) is 0 Å². The molecule has 0 atom stereocenters. The second-order valence-corrected chi connectivity index (χ2v) is 6.17. The van der Waals surface area contributed by atoms with Crippen LogP contribution in [0.2, 0.25) is 0 Å². The van der Waals surface area contributed by atoms with Crippen molar-refractivity contribution < 1.29 is 14.7 Å². The molecule has 5 nitrogen and oxygen atoms in total. The second-order valence-electron chi connectivity index (χ2n) is 6.17. The standard InChI is InChI=1S/C16H20N2O3/c1-16(5-7-17-8-6-16)15(21)18-9-4-11-2-3-12(14(19)20)10-13(11)18/h2-3,10,17H,4-9H2,1H3,(H,19,20). The molecule has 1 saturated heterocycles. The van der Waals surface area contributed by atoms with E-state index in [9.17, 15) is 9.59 Å². The number of hydrogen-bond donors (Lipinski definition) is 2. The molecule has 2 N–H and O–H groups in total. The van der Waals surface area contributed by atoms with Gasteiger partial charge in [-0.1, -0.05) is 13.0 Å². The first-order chi connectivity index (χ1) is 10.0. The minimum absolute atomic E-state index is 0.130. The van der Waals surface area contributed by atoms with Crippen LogP contribution in [0.4, 0.5) is 5.69 Å². The van der Waals surface area contributed by atoms with Gasteiger partial charge in [0.25, 0.3) is 0 Å². The van der Waals surface area contributed by atoms with Crippen LogP contribution in [0.3, 0.4) is 0 Å². The zero-order chi connectivity index (χ0) is 15.0. The lowest BCUT2D eigenvalue weighted by atomic mass is 9.79. The number of aromatic carboxylic acids is 1. The number of carbonyl (C=O) groups excluding carboxylic acids is 1. The van der Waals surface area contributed by atoms with Gasteiger partial charge < -0.3 is 15.3 Å². The number of nitrogens with zero attached hydrogens (tertiary/aromatic N) is 1. The average molecular weight is 288 g/mol. The summed E-state index contributed by atoms with van der Waals surface area (Å²) in [5.74, 6) is -0.824. The van der Waals surface area contributed by atoms with E-state index in [1.54, 1.807) is 17.0 Å². The van der Waals surface area contributed by atoms with Gasteiger partial charge in [0.2, 0.25) is 5.91 Å². The van der Waals surface area contributed by atoms with Gasteiger partial charge in [-0.2, -0.15) is 0 Å². The van der Waals surface area contributed by atoms with E-state index in [1.165, 1.54) is 0 Å². The van der Waals surface area contributed by atoms with Gasteiger partial charge in [-0.3, -0.25) is 4.79 Å². The Labute approximate surface area is 123 Å². The number of amides is 1. The van der Waals surface area contributed by atoms with Crippen molar-refractivity contribution in [3.63, 3.8) is 0 Å². The molecule has 21 heavy (non-hydrogen) atoms. The van der Waals surface area contributed by atoms with E-state index in [-0.39, 0.29) is 16.9 Å². The summed E-state index contributed by atoms with van der Waals surface area (Å²) >= 11 is 0. The molecule has 1 amide bonds. The topological polar surface area (TPSA) is 69.6 Å². The summed E-state index contributed by atoms with van der Waals surface area (Å²) in [5, 5.41) is 12.4. The maximum atomic E-state index is 12.9. The predicted octanol–water partition coefficient (Wildman–Crippen LogP) is 1.66. The Morgan fingerprint density at radius 3 is 2.67 bits per heavy atom. The number of hydrogen-bond acceptors (Lipinski definition) is 3. The van der Waals surface area contributed by atoms with Crippen molar-refractivity contribution in [2.75, 3.05) is 24.5 Å². The van der Waals surface area contributed by atoms with E-state index >= 15 is 0 Å². The highest BCUT2D eigenvalue weighted by molar-refractivity contribution is 6.00. The van der Waals surface area contributed by atoms with Crippen molar-refractivity contribution >= 4 is 17.6 Å². The summed E-state index contributed by atoms with van der Waals surface area (Å²) in [6.45, 7) is 4.39. The van der Waals surface area contributed by atoms with Crippen LogP contribution in [0.15, 0.2) is 18.2 Å². The molecule has 1 fully saturated rings. The quantitative estimate of drug-likeness (QED) is 0.868. The molecule has 0 bridgehead atoms. The number of carbonyl (C=O) groups is 2. The van der Waals surface area contributed by atoms with Crippen LogP contribution in [-0.2, 0) is 11.2 Å². The van der Waals surface area contributed by atoms with Crippen LogP contribution >= 0.6 is 0 Å². The molecule has 0 radical (unpaired) electrons. The third-order valence-electron chi connectivity index (χ3n) is 4.70. The zero-order valence-corrected chi connectivity index (χ0v) is 12.2. The van der Waals surface area contributed by atoms with E-state index in [1.807, 2.05) is 13.0 Å². The number of carboxylic acid groups (broad SMARTS) is 1. The van der Waals surface area contributed by atoms with E-state index in [2.05, 4.69) is 5.32 Å². The molecule has 3 rings (SSSR count). The molecule has 0 unspecified atom stereocenters. The molecule has 0 aromatic heterocycles. The van der Waals surface area contributed by atoms with E-state index in [0.717, 1.165) is 43.6 Å². The van der Waals surface area contributed by atoms with Gasteiger partial charge in [-0.25, -0.2) is 4.79 Å². The van der Waals surface area contributed by atoms with Crippen molar-refractivity contribution in [3.05, 3.63) is 29.3 Å². The predicted molar refractivity (Wildman–Crippen MR) is 79.7 cm³/mol. The SMILES string of the molecule is CC1(C(=O)N2CCc3ccc(C(=O)O)cc32)CCNCC1. The molecule has 2 heterocycles. The first-order valence-corrected chi connectivity index (χ1v) is 7.40. The molecule has 0 saturated carbocycles. The second kappa shape index (κ2) is 5.15. The summed E-state index contributed by atoms with van der Waals surface area (Å²) in [4.78, 5) is 25.8. The number of carboxylic acids is 1. The maximum Gasteiger partial charge on any atom is 0.335 e. The van der Waals surface area contributed by atoms with Crippen LogP contribution in [0.5, 0.6) is 0 Å². The smallest absolute Gasteiger partial charge is 0.335 e. The monoisotopic (exact) mass is 288 g/mol. The summed E-state index contributed by atoms with van der Waals surface area (Å²) < 4.78 is 0. The molecule has 1 aromatic rings. The van der Waals surface area contributed by atoms with Crippen LogP contribution in [-0.4, -0.2) is 36.6 Å². The van der Waals surface area contributed by atoms with Crippen LogP contribution < -0.4 is 10.2 Å². The molecular formula is C16H20N2O3. The van der Waals surface area contributed by atoms with E-state index < -0.39 is 5.97 Å². The Bertz CT molecular complexity index is 591. The van der Waals surface area contributed by atoms with Crippen molar-refractivity contribution in [1.29, 1.82) is 0 Å². The lowest BCUT2D eigenvalue weighted by Crippen LogP contribution is -2.47. The fourth-order valence-corrected chi connectivity index (χ4v) is 3.24. The number of nitrogens with one attached hydrogen (secondary N) is 1. The molecule has 1 aromatic carbocycles. The van der Waals surface area contributed by atoms with Crippen molar-refractivity contribution in [1.82, 2.24) is 5.32 Å². The first kappa shape index (κ1) is 14.1. The minimum atomic E-state index is -0.954. The molecule has 112 valence electrons. The highest BCUT2D eigenvalue weighted by Gasteiger charge is 2.40. The molecule has 0 spiro atoms. The molecule has 2 aliphatic heterocycles. The Morgan fingerprint density at radius 2 is 2.00 bits per heavy atom. The largest absolute Gasteiger partial charge is 0.478 e. The highest BCUT2D eigenvalue weighted by atomic mass is 16.4. The number of benzene rings is 1. The van der Waals surface area contributed by atoms with Crippen LogP contribution in [0.1, 0.15) is 35.7 Å². The number of piperidine rings is 1. The fourth-order valence-electron chi connectivity index (χ4n) is 3.24. The number of anilines is 1. The van der Waals surface area contributed by atoms with Gasteiger partial charge in [0.05, 0.1) is 5.56 Å². The average Bonchev–Trinajstić information content (AvgIpc) is 2.90. The summed E-state index contributed by atoms with van der Waals surface area (Å²) in [7, 11) is 0. The normalized spacial score (nSPS) is 20.1. The van der Waals surface area contributed by atoms with Gasteiger partial charge in [0.15, 0.2) is 0 Å². The van der Waals surface area contributed by atoms with Gasteiger partial charge in [-0.05, 0) is 50.0 Å². The Kier molecular flexibility index (Phi) is 3.45.